The van der Waals surface area contributed by atoms with Crippen LogP contribution in [-0.2, 0) is 13.6 Å². The van der Waals surface area contributed by atoms with Crippen molar-refractivity contribution in [2.45, 2.75) is 19.9 Å². The van der Waals surface area contributed by atoms with Gasteiger partial charge < -0.3 is 5.32 Å². The number of hydrogen-bond donors (Lipinski definition) is 1. The molecule has 0 aromatic carbocycles. The van der Waals surface area contributed by atoms with Crippen molar-refractivity contribution in [3.05, 3.63) is 17.5 Å². The first kappa shape index (κ1) is 11.6. The molecule has 0 bridgehead atoms. The van der Waals surface area contributed by atoms with E-state index in [0.717, 1.165) is 24.7 Å². The highest BCUT2D eigenvalue weighted by molar-refractivity contribution is 5.08. The Bertz CT molecular complexity index is 345. The molecule has 1 unspecified atom stereocenters. The predicted molar refractivity (Wildman–Crippen MR) is 65.3 cm³/mol. The number of rotatable bonds is 4. The number of hydrogen-bond acceptors (Lipinski definition) is 3. The summed E-state index contributed by atoms with van der Waals surface area (Å²) in [5, 5.41) is 7.65. The van der Waals surface area contributed by atoms with Crippen LogP contribution in [0.2, 0.25) is 0 Å². The van der Waals surface area contributed by atoms with Gasteiger partial charge in [-0.2, -0.15) is 5.10 Å². The minimum atomic E-state index is 0.819. The number of likely N-dealkylation sites (tertiary alicyclic amines) is 1. The van der Waals surface area contributed by atoms with Gasteiger partial charge in [0.25, 0.3) is 0 Å². The molecule has 4 heteroatoms. The zero-order chi connectivity index (χ0) is 11.5. The molecule has 2 heterocycles. The van der Waals surface area contributed by atoms with Crippen LogP contribution >= 0.6 is 0 Å². The van der Waals surface area contributed by atoms with Gasteiger partial charge in [0.05, 0.1) is 11.4 Å². The topological polar surface area (TPSA) is 33.1 Å². The SMILES string of the molecule is CNCC1CCN(Cc2cc(C)nn2C)C1. The molecule has 1 atom stereocenters. The summed E-state index contributed by atoms with van der Waals surface area (Å²) in [6, 6.07) is 2.19. The Hall–Kier alpha value is -0.870. The number of aryl methyl sites for hydroxylation is 2. The second-order valence-corrected chi connectivity index (χ2v) is 4.85. The summed E-state index contributed by atoms with van der Waals surface area (Å²) >= 11 is 0. The first-order chi connectivity index (χ1) is 7.69. The van der Waals surface area contributed by atoms with Gasteiger partial charge in [0.2, 0.25) is 0 Å². The van der Waals surface area contributed by atoms with E-state index < -0.39 is 0 Å². The molecule has 1 saturated heterocycles. The quantitative estimate of drug-likeness (QED) is 0.817. The molecule has 1 aliphatic rings. The molecular formula is C12H22N4. The lowest BCUT2D eigenvalue weighted by atomic mass is 10.1. The van der Waals surface area contributed by atoms with E-state index in [1.165, 1.54) is 25.2 Å². The maximum atomic E-state index is 4.39. The van der Waals surface area contributed by atoms with Crippen LogP contribution in [0.25, 0.3) is 0 Å². The fraction of sp³-hybridized carbons (Fsp3) is 0.750. The lowest BCUT2D eigenvalue weighted by Gasteiger charge is -2.15. The number of nitrogens with zero attached hydrogens (tertiary/aromatic N) is 3. The first-order valence-electron chi connectivity index (χ1n) is 6.05. The Kier molecular flexibility index (Phi) is 3.61. The average Bonchev–Trinajstić information content (AvgIpc) is 2.76. The molecule has 1 aliphatic heterocycles. The van der Waals surface area contributed by atoms with Crippen LogP contribution in [-0.4, -0.2) is 41.4 Å². The Morgan fingerprint density at radius 3 is 3.00 bits per heavy atom. The molecule has 90 valence electrons. The number of aromatic nitrogens is 2. The molecule has 1 aromatic heterocycles. The van der Waals surface area contributed by atoms with Gasteiger partial charge >= 0.3 is 0 Å². The Balaban J connectivity index is 1.89. The highest BCUT2D eigenvalue weighted by Gasteiger charge is 2.22. The monoisotopic (exact) mass is 222 g/mol. The molecule has 1 aromatic rings. The molecule has 0 radical (unpaired) electrons. The van der Waals surface area contributed by atoms with Gasteiger partial charge in [-0.15, -0.1) is 0 Å². The molecule has 16 heavy (non-hydrogen) atoms. The molecule has 0 amide bonds. The maximum absolute atomic E-state index is 4.39. The van der Waals surface area contributed by atoms with Crippen molar-refractivity contribution in [1.82, 2.24) is 20.0 Å². The Morgan fingerprint density at radius 1 is 1.56 bits per heavy atom. The molecule has 2 rings (SSSR count). The largest absolute Gasteiger partial charge is 0.319 e. The highest BCUT2D eigenvalue weighted by atomic mass is 15.3. The van der Waals surface area contributed by atoms with Crippen LogP contribution in [0.3, 0.4) is 0 Å². The van der Waals surface area contributed by atoms with Gasteiger partial charge in [-0.05, 0) is 45.5 Å². The van der Waals surface area contributed by atoms with E-state index in [0.29, 0.717) is 0 Å². The molecule has 4 nitrogen and oxygen atoms in total. The lowest BCUT2D eigenvalue weighted by molar-refractivity contribution is 0.306. The van der Waals surface area contributed by atoms with Crippen LogP contribution < -0.4 is 5.32 Å². The van der Waals surface area contributed by atoms with Gasteiger partial charge in [0.1, 0.15) is 0 Å². The fourth-order valence-electron chi connectivity index (χ4n) is 2.55. The fourth-order valence-corrected chi connectivity index (χ4v) is 2.55. The van der Waals surface area contributed by atoms with Gasteiger partial charge in [0.15, 0.2) is 0 Å². The normalized spacial score (nSPS) is 21.8. The third kappa shape index (κ3) is 2.62. The van der Waals surface area contributed by atoms with Gasteiger partial charge in [-0.25, -0.2) is 0 Å². The summed E-state index contributed by atoms with van der Waals surface area (Å²) in [4.78, 5) is 2.53. The average molecular weight is 222 g/mol. The summed E-state index contributed by atoms with van der Waals surface area (Å²) in [6.45, 7) is 6.66. The third-order valence-corrected chi connectivity index (χ3v) is 3.35. The van der Waals surface area contributed by atoms with E-state index in [4.69, 9.17) is 0 Å². The molecule has 1 fully saturated rings. The van der Waals surface area contributed by atoms with Crippen LogP contribution in [0.15, 0.2) is 6.07 Å². The molecule has 0 aliphatic carbocycles. The summed E-state index contributed by atoms with van der Waals surface area (Å²) in [5.74, 6) is 0.819. The van der Waals surface area contributed by atoms with Crippen molar-refractivity contribution in [2.24, 2.45) is 13.0 Å². The summed E-state index contributed by atoms with van der Waals surface area (Å²) in [5.41, 5.74) is 2.44. The summed E-state index contributed by atoms with van der Waals surface area (Å²) < 4.78 is 2.00. The second-order valence-electron chi connectivity index (χ2n) is 4.85. The van der Waals surface area contributed by atoms with Gasteiger partial charge in [0, 0.05) is 20.1 Å². The Labute approximate surface area is 97.6 Å². The van der Waals surface area contributed by atoms with Crippen LogP contribution in [0, 0.1) is 12.8 Å². The minimum absolute atomic E-state index is 0.819. The van der Waals surface area contributed by atoms with Gasteiger partial charge in [-0.1, -0.05) is 0 Å². The maximum Gasteiger partial charge on any atom is 0.0597 e. The van der Waals surface area contributed by atoms with E-state index in [1.807, 2.05) is 18.8 Å². The zero-order valence-electron chi connectivity index (χ0n) is 10.5. The molecule has 1 N–H and O–H groups in total. The van der Waals surface area contributed by atoms with Crippen LogP contribution in [0.4, 0.5) is 0 Å². The minimum Gasteiger partial charge on any atom is -0.319 e. The van der Waals surface area contributed by atoms with Crippen LogP contribution in [0.5, 0.6) is 0 Å². The standard InChI is InChI=1S/C12H22N4/c1-10-6-12(15(3)14-10)9-16-5-4-11(8-16)7-13-2/h6,11,13H,4-5,7-9H2,1-3H3. The predicted octanol–water partition coefficient (Wildman–Crippen LogP) is 0.770. The van der Waals surface area contributed by atoms with Crippen molar-refractivity contribution in [1.29, 1.82) is 0 Å². The van der Waals surface area contributed by atoms with Crippen LogP contribution in [0.1, 0.15) is 17.8 Å². The third-order valence-electron chi connectivity index (χ3n) is 3.35. The van der Waals surface area contributed by atoms with E-state index in [2.05, 4.69) is 28.3 Å². The molecule has 0 saturated carbocycles. The zero-order valence-corrected chi connectivity index (χ0v) is 10.5. The van der Waals surface area contributed by atoms with Crippen molar-refractivity contribution in [3.63, 3.8) is 0 Å². The van der Waals surface area contributed by atoms with Crippen molar-refractivity contribution < 1.29 is 0 Å². The van der Waals surface area contributed by atoms with Gasteiger partial charge in [-0.3, -0.25) is 9.58 Å². The lowest BCUT2D eigenvalue weighted by Crippen LogP contribution is -2.25. The highest BCUT2D eigenvalue weighted by Crippen LogP contribution is 2.18. The van der Waals surface area contributed by atoms with Crippen molar-refractivity contribution in [2.75, 3.05) is 26.7 Å². The van der Waals surface area contributed by atoms with E-state index in [-0.39, 0.29) is 0 Å². The second kappa shape index (κ2) is 4.97. The van der Waals surface area contributed by atoms with E-state index >= 15 is 0 Å². The van der Waals surface area contributed by atoms with Crippen molar-refractivity contribution in [3.8, 4) is 0 Å². The van der Waals surface area contributed by atoms with E-state index in [1.54, 1.807) is 0 Å². The molecular weight excluding hydrogens is 200 g/mol. The molecule has 0 spiro atoms. The van der Waals surface area contributed by atoms with E-state index in [9.17, 15) is 0 Å². The first-order valence-corrected chi connectivity index (χ1v) is 6.05. The van der Waals surface area contributed by atoms with Crippen molar-refractivity contribution >= 4 is 0 Å². The Morgan fingerprint density at radius 2 is 2.38 bits per heavy atom. The smallest absolute Gasteiger partial charge is 0.0597 e. The summed E-state index contributed by atoms with van der Waals surface area (Å²) in [7, 11) is 4.07. The summed E-state index contributed by atoms with van der Waals surface area (Å²) in [6.07, 6.45) is 1.32. The number of nitrogens with one attached hydrogen (secondary N) is 1.